The minimum absolute atomic E-state index is 0.0123. The lowest BCUT2D eigenvalue weighted by Crippen LogP contribution is -2.30. The number of carbonyl (C=O) groups is 2. The summed E-state index contributed by atoms with van der Waals surface area (Å²) in [5, 5.41) is 11.4. The zero-order chi connectivity index (χ0) is 14.3. The van der Waals surface area contributed by atoms with Crippen LogP contribution in [0.1, 0.15) is 25.3 Å². The smallest absolute Gasteiger partial charge is 0.306 e. The van der Waals surface area contributed by atoms with Gasteiger partial charge in [-0.2, -0.15) is 5.26 Å². The number of esters is 1. The number of nitrogens with zero attached hydrogens (tertiary/aromatic N) is 2. The average molecular weight is 280 g/mol. The topological polar surface area (TPSA) is 70.4 Å². The summed E-state index contributed by atoms with van der Waals surface area (Å²) in [7, 11) is 0. The molecule has 1 aromatic rings. The van der Waals surface area contributed by atoms with Crippen molar-refractivity contribution in [3.63, 3.8) is 0 Å². The molecule has 102 valence electrons. The average Bonchev–Trinajstić information content (AvgIpc) is 2.80. The molecule has 0 aliphatic rings. The number of hydrogen-bond acceptors (Lipinski definition) is 5. The van der Waals surface area contributed by atoms with Crippen LogP contribution in [0.4, 0.5) is 5.00 Å². The first-order valence-electron chi connectivity index (χ1n) is 5.96. The number of rotatable bonds is 6. The fourth-order valence-electron chi connectivity index (χ4n) is 1.49. The summed E-state index contributed by atoms with van der Waals surface area (Å²) in [4.78, 5) is 24.6. The third-order valence-electron chi connectivity index (χ3n) is 2.36. The molecule has 0 saturated heterocycles. The van der Waals surface area contributed by atoms with E-state index in [2.05, 4.69) is 0 Å². The van der Waals surface area contributed by atoms with Crippen LogP contribution in [0, 0.1) is 18.3 Å². The molecule has 0 N–H and O–H groups in total. The van der Waals surface area contributed by atoms with Crippen molar-refractivity contribution in [3.8, 4) is 6.07 Å². The molecule has 1 amide bonds. The van der Waals surface area contributed by atoms with Gasteiger partial charge in [-0.05, 0) is 30.9 Å². The molecule has 0 fully saturated rings. The molecule has 6 heteroatoms. The number of hydrogen-bond donors (Lipinski definition) is 0. The summed E-state index contributed by atoms with van der Waals surface area (Å²) in [6.45, 7) is 3.93. The maximum Gasteiger partial charge on any atom is 0.306 e. The zero-order valence-electron chi connectivity index (χ0n) is 11.0. The first kappa shape index (κ1) is 15.2. The summed E-state index contributed by atoms with van der Waals surface area (Å²) in [5.41, 5.74) is 1.04. The third-order valence-corrected chi connectivity index (χ3v) is 3.43. The van der Waals surface area contributed by atoms with Crippen molar-refractivity contribution >= 4 is 28.2 Å². The SMILES string of the molecule is CCOC(=O)CCC(=O)N(CC#N)c1cc(C)cs1. The number of nitriles is 1. The molecule has 0 bridgehead atoms. The highest BCUT2D eigenvalue weighted by Crippen LogP contribution is 2.25. The van der Waals surface area contributed by atoms with Gasteiger partial charge in [0.15, 0.2) is 0 Å². The van der Waals surface area contributed by atoms with Crippen LogP contribution in [0.3, 0.4) is 0 Å². The Labute approximate surface area is 116 Å². The maximum absolute atomic E-state index is 12.0. The Kier molecular flexibility index (Phi) is 6.03. The van der Waals surface area contributed by atoms with Crippen LogP contribution in [-0.4, -0.2) is 25.0 Å². The number of ether oxygens (including phenoxy) is 1. The highest BCUT2D eigenvalue weighted by Gasteiger charge is 2.18. The van der Waals surface area contributed by atoms with Gasteiger partial charge >= 0.3 is 5.97 Å². The van der Waals surface area contributed by atoms with Gasteiger partial charge in [-0.25, -0.2) is 0 Å². The van der Waals surface area contributed by atoms with Gasteiger partial charge in [0.25, 0.3) is 0 Å². The number of aryl methyl sites for hydroxylation is 1. The van der Waals surface area contributed by atoms with Crippen molar-refractivity contribution in [1.82, 2.24) is 0 Å². The minimum Gasteiger partial charge on any atom is -0.466 e. The van der Waals surface area contributed by atoms with Gasteiger partial charge in [0.2, 0.25) is 5.91 Å². The Morgan fingerprint density at radius 3 is 2.74 bits per heavy atom. The van der Waals surface area contributed by atoms with Crippen LogP contribution in [0.5, 0.6) is 0 Å². The molecule has 0 saturated carbocycles. The second kappa shape index (κ2) is 7.54. The van der Waals surface area contributed by atoms with Gasteiger partial charge in [0, 0.05) is 6.42 Å². The normalized spacial score (nSPS) is 9.74. The van der Waals surface area contributed by atoms with Crippen LogP contribution in [0.25, 0.3) is 0 Å². The lowest BCUT2D eigenvalue weighted by molar-refractivity contribution is -0.144. The molecular weight excluding hydrogens is 264 g/mol. The number of thiophene rings is 1. The number of anilines is 1. The van der Waals surface area contributed by atoms with E-state index in [9.17, 15) is 9.59 Å². The molecule has 1 heterocycles. The van der Waals surface area contributed by atoms with E-state index >= 15 is 0 Å². The molecule has 5 nitrogen and oxygen atoms in total. The van der Waals surface area contributed by atoms with Crippen LogP contribution >= 0.6 is 11.3 Å². The van der Waals surface area contributed by atoms with E-state index in [0.29, 0.717) is 6.61 Å². The summed E-state index contributed by atoms with van der Waals surface area (Å²) in [6, 6.07) is 3.82. The largest absolute Gasteiger partial charge is 0.466 e. The molecule has 0 unspecified atom stereocenters. The molecule has 19 heavy (non-hydrogen) atoms. The fraction of sp³-hybridized carbons (Fsp3) is 0.462. The van der Waals surface area contributed by atoms with Crippen molar-refractivity contribution in [1.29, 1.82) is 5.26 Å². The van der Waals surface area contributed by atoms with Crippen LogP contribution in [0.15, 0.2) is 11.4 Å². The van der Waals surface area contributed by atoms with Crippen molar-refractivity contribution in [2.24, 2.45) is 0 Å². The molecule has 0 aliphatic carbocycles. The Morgan fingerprint density at radius 1 is 1.47 bits per heavy atom. The van der Waals surface area contributed by atoms with Crippen LogP contribution < -0.4 is 4.90 Å². The van der Waals surface area contributed by atoms with Gasteiger partial charge in [0.1, 0.15) is 6.54 Å². The number of amides is 1. The highest BCUT2D eigenvalue weighted by atomic mass is 32.1. The van der Waals surface area contributed by atoms with E-state index in [1.54, 1.807) is 6.92 Å². The van der Waals surface area contributed by atoms with E-state index in [-0.39, 0.29) is 25.3 Å². The van der Waals surface area contributed by atoms with E-state index in [1.165, 1.54) is 16.2 Å². The van der Waals surface area contributed by atoms with E-state index < -0.39 is 5.97 Å². The second-order valence-corrected chi connectivity index (χ2v) is 4.79. The third kappa shape index (κ3) is 4.72. The van der Waals surface area contributed by atoms with E-state index in [1.807, 2.05) is 24.4 Å². The minimum atomic E-state index is -0.393. The molecule has 1 rings (SSSR count). The molecule has 0 spiro atoms. The zero-order valence-corrected chi connectivity index (χ0v) is 11.8. The summed E-state index contributed by atoms with van der Waals surface area (Å²) in [6.07, 6.45) is 0.0937. The lowest BCUT2D eigenvalue weighted by atomic mass is 10.2. The van der Waals surface area contributed by atoms with Crippen molar-refractivity contribution < 1.29 is 14.3 Å². The Balaban J connectivity index is 2.64. The van der Waals surface area contributed by atoms with Gasteiger partial charge < -0.3 is 4.74 Å². The fourth-order valence-corrected chi connectivity index (χ4v) is 2.42. The first-order chi connectivity index (χ1) is 9.08. The second-order valence-electron chi connectivity index (χ2n) is 3.91. The quantitative estimate of drug-likeness (QED) is 0.592. The summed E-state index contributed by atoms with van der Waals surface area (Å²) in [5.74, 6) is -0.633. The first-order valence-corrected chi connectivity index (χ1v) is 6.84. The van der Waals surface area contributed by atoms with Crippen LogP contribution in [-0.2, 0) is 14.3 Å². The number of carbonyl (C=O) groups excluding carboxylic acids is 2. The Hall–Kier alpha value is -1.87. The van der Waals surface area contributed by atoms with Gasteiger partial charge in [-0.1, -0.05) is 0 Å². The molecular formula is C13H16N2O3S. The maximum atomic E-state index is 12.0. The monoisotopic (exact) mass is 280 g/mol. The van der Waals surface area contributed by atoms with Crippen molar-refractivity contribution in [2.75, 3.05) is 18.1 Å². The van der Waals surface area contributed by atoms with E-state index in [4.69, 9.17) is 10.00 Å². The predicted octanol–water partition coefficient (Wildman–Crippen LogP) is 2.26. The molecule has 1 aromatic heterocycles. The summed E-state index contributed by atoms with van der Waals surface area (Å²) < 4.78 is 4.77. The summed E-state index contributed by atoms with van der Waals surface area (Å²) >= 11 is 1.41. The lowest BCUT2D eigenvalue weighted by Gasteiger charge is -2.17. The van der Waals surface area contributed by atoms with Crippen LogP contribution in [0.2, 0.25) is 0 Å². The predicted molar refractivity (Wildman–Crippen MR) is 72.9 cm³/mol. The standard InChI is InChI=1S/C13H16N2O3S/c1-3-18-13(17)5-4-11(16)15(7-6-14)12-8-10(2)9-19-12/h8-9H,3-5,7H2,1-2H3. The van der Waals surface area contributed by atoms with Gasteiger partial charge in [-0.3, -0.25) is 14.5 Å². The van der Waals surface area contributed by atoms with Crippen molar-refractivity contribution in [3.05, 3.63) is 17.0 Å². The van der Waals surface area contributed by atoms with E-state index in [0.717, 1.165) is 10.6 Å². The highest BCUT2D eigenvalue weighted by molar-refractivity contribution is 7.14. The molecule has 0 atom stereocenters. The molecule has 0 radical (unpaired) electrons. The van der Waals surface area contributed by atoms with Crippen molar-refractivity contribution in [2.45, 2.75) is 26.7 Å². The molecule has 0 aromatic carbocycles. The van der Waals surface area contributed by atoms with Gasteiger partial charge in [0.05, 0.1) is 24.1 Å². The van der Waals surface area contributed by atoms with Gasteiger partial charge in [-0.15, -0.1) is 11.3 Å². The Bertz CT molecular complexity index is 490. The molecule has 0 aliphatic heterocycles. The Morgan fingerprint density at radius 2 is 2.21 bits per heavy atom.